The Hall–Kier alpha value is -0.570. The van der Waals surface area contributed by atoms with Gasteiger partial charge in [-0.3, -0.25) is 4.79 Å². The van der Waals surface area contributed by atoms with Gasteiger partial charge in [0, 0.05) is 18.6 Å². The minimum atomic E-state index is 0.140. The van der Waals surface area contributed by atoms with Gasteiger partial charge in [0.1, 0.15) is 0 Å². The number of likely N-dealkylation sites (tertiary alicyclic amines) is 1. The van der Waals surface area contributed by atoms with Crippen LogP contribution < -0.4 is 5.73 Å². The van der Waals surface area contributed by atoms with Crippen LogP contribution in [0.3, 0.4) is 0 Å². The van der Waals surface area contributed by atoms with E-state index in [1.54, 1.807) is 0 Å². The highest BCUT2D eigenvalue weighted by molar-refractivity contribution is 5.81. The van der Waals surface area contributed by atoms with E-state index in [4.69, 9.17) is 5.73 Å². The largest absolute Gasteiger partial charge is 0.339 e. The molecule has 3 aliphatic rings. The first-order valence-corrected chi connectivity index (χ1v) is 7.15. The predicted molar refractivity (Wildman–Crippen MR) is 67.3 cm³/mol. The van der Waals surface area contributed by atoms with Gasteiger partial charge in [-0.15, -0.1) is 0 Å². The lowest BCUT2D eigenvalue weighted by atomic mass is 9.84. The molecule has 0 radical (unpaired) electrons. The molecule has 0 aromatic rings. The van der Waals surface area contributed by atoms with E-state index in [0.717, 1.165) is 13.0 Å². The van der Waals surface area contributed by atoms with E-state index in [-0.39, 0.29) is 12.0 Å². The van der Waals surface area contributed by atoms with Crippen LogP contribution >= 0.6 is 0 Å². The van der Waals surface area contributed by atoms with Gasteiger partial charge in [0.2, 0.25) is 5.91 Å². The third-order valence-electron chi connectivity index (χ3n) is 5.69. The zero-order chi connectivity index (χ0) is 12.2. The number of nitrogens with two attached hydrogens (primary N) is 1. The van der Waals surface area contributed by atoms with E-state index in [9.17, 15) is 4.79 Å². The van der Waals surface area contributed by atoms with E-state index in [2.05, 4.69) is 18.7 Å². The zero-order valence-corrected chi connectivity index (χ0v) is 10.9. The summed E-state index contributed by atoms with van der Waals surface area (Å²) in [5.41, 5.74) is 6.27. The summed E-state index contributed by atoms with van der Waals surface area (Å²) in [6.07, 6.45) is 4.84. The van der Waals surface area contributed by atoms with Gasteiger partial charge in [0.05, 0.1) is 5.92 Å². The molecule has 0 aromatic heterocycles. The number of fused-ring (bicyclic) bond motifs is 2. The van der Waals surface area contributed by atoms with Crippen molar-refractivity contribution in [2.24, 2.45) is 29.4 Å². The van der Waals surface area contributed by atoms with Crippen molar-refractivity contribution in [1.29, 1.82) is 0 Å². The monoisotopic (exact) mass is 236 g/mol. The molecule has 2 bridgehead atoms. The highest BCUT2D eigenvalue weighted by Crippen LogP contribution is 2.48. The Labute approximate surface area is 104 Å². The van der Waals surface area contributed by atoms with Crippen LogP contribution in [0.25, 0.3) is 0 Å². The molecule has 2 saturated carbocycles. The summed E-state index contributed by atoms with van der Waals surface area (Å²) in [5, 5.41) is 0. The molecule has 3 fully saturated rings. The second-order valence-corrected chi connectivity index (χ2v) is 6.47. The fraction of sp³-hybridized carbons (Fsp3) is 0.929. The highest BCUT2D eigenvalue weighted by atomic mass is 16.2. The number of hydrogen-bond donors (Lipinski definition) is 1. The fourth-order valence-corrected chi connectivity index (χ4v) is 4.30. The van der Waals surface area contributed by atoms with E-state index in [1.165, 1.54) is 19.3 Å². The molecule has 2 N–H and O–H groups in total. The molecule has 0 aromatic carbocycles. The second-order valence-electron chi connectivity index (χ2n) is 6.47. The third-order valence-corrected chi connectivity index (χ3v) is 5.69. The van der Waals surface area contributed by atoms with Crippen LogP contribution in [0.2, 0.25) is 0 Å². The third kappa shape index (κ3) is 1.62. The van der Waals surface area contributed by atoms with Crippen LogP contribution in [-0.2, 0) is 4.79 Å². The van der Waals surface area contributed by atoms with Crippen LogP contribution in [0.5, 0.6) is 0 Å². The SMILES string of the molecule is CC1CCN(C(=O)C2C3CCC(C3)C2N)C1C. The van der Waals surface area contributed by atoms with Crippen molar-refractivity contribution >= 4 is 5.91 Å². The van der Waals surface area contributed by atoms with Crippen molar-refractivity contribution in [3.8, 4) is 0 Å². The molecule has 17 heavy (non-hydrogen) atoms. The second kappa shape index (κ2) is 3.98. The number of carbonyl (C=O) groups excluding carboxylic acids is 1. The minimum absolute atomic E-state index is 0.140. The van der Waals surface area contributed by atoms with Gasteiger partial charge in [0.25, 0.3) is 0 Å². The van der Waals surface area contributed by atoms with Crippen LogP contribution in [-0.4, -0.2) is 29.4 Å². The predicted octanol–water partition coefficient (Wildman–Crippen LogP) is 1.62. The molecule has 0 spiro atoms. The molecule has 1 heterocycles. The van der Waals surface area contributed by atoms with E-state index >= 15 is 0 Å². The van der Waals surface area contributed by atoms with Crippen molar-refractivity contribution < 1.29 is 4.79 Å². The maximum Gasteiger partial charge on any atom is 0.227 e. The molecular formula is C14H24N2O. The number of nitrogens with zero attached hydrogens (tertiary/aromatic N) is 1. The molecule has 6 unspecified atom stereocenters. The van der Waals surface area contributed by atoms with Gasteiger partial charge in [-0.2, -0.15) is 0 Å². The Morgan fingerprint density at radius 3 is 2.41 bits per heavy atom. The standard InChI is InChI=1S/C14H24N2O/c1-8-5-6-16(9(8)2)14(17)12-10-3-4-11(7-10)13(12)15/h8-13H,3-7,15H2,1-2H3. The first-order chi connectivity index (χ1) is 8.09. The molecule has 3 heteroatoms. The summed E-state index contributed by atoms with van der Waals surface area (Å²) >= 11 is 0. The van der Waals surface area contributed by atoms with Crippen molar-refractivity contribution in [2.45, 2.75) is 51.6 Å². The molecule has 1 saturated heterocycles. The fourth-order valence-electron chi connectivity index (χ4n) is 4.30. The number of hydrogen-bond acceptors (Lipinski definition) is 2. The lowest BCUT2D eigenvalue weighted by Crippen LogP contribution is -2.48. The summed E-state index contributed by atoms with van der Waals surface area (Å²) < 4.78 is 0. The molecule has 3 rings (SSSR count). The highest BCUT2D eigenvalue weighted by Gasteiger charge is 2.51. The van der Waals surface area contributed by atoms with E-state index in [0.29, 0.717) is 29.7 Å². The van der Waals surface area contributed by atoms with Crippen LogP contribution in [0, 0.1) is 23.7 Å². The van der Waals surface area contributed by atoms with E-state index in [1.807, 2.05) is 0 Å². The molecule has 2 aliphatic carbocycles. The average molecular weight is 236 g/mol. The number of carbonyl (C=O) groups is 1. The first kappa shape index (κ1) is 11.5. The van der Waals surface area contributed by atoms with Gasteiger partial charge in [-0.25, -0.2) is 0 Å². The molecule has 3 nitrogen and oxygen atoms in total. The average Bonchev–Trinajstić information content (AvgIpc) is 2.95. The Kier molecular flexibility index (Phi) is 2.69. The quantitative estimate of drug-likeness (QED) is 0.752. The van der Waals surface area contributed by atoms with Gasteiger partial charge in [-0.1, -0.05) is 6.92 Å². The summed E-state index contributed by atoms with van der Waals surface area (Å²) in [6.45, 7) is 5.38. The Morgan fingerprint density at radius 1 is 1.18 bits per heavy atom. The maximum absolute atomic E-state index is 12.6. The van der Waals surface area contributed by atoms with Crippen molar-refractivity contribution in [3.05, 3.63) is 0 Å². The first-order valence-electron chi connectivity index (χ1n) is 7.15. The van der Waals surface area contributed by atoms with E-state index < -0.39 is 0 Å². The summed E-state index contributed by atoms with van der Waals surface area (Å²) in [5.74, 6) is 2.37. The molecule has 96 valence electrons. The summed E-state index contributed by atoms with van der Waals surface area (Å²) in [6, 6.07) is 0.554. The van der Waals surface area contributed by atoms with Gasteiger partial charge < -0.3 is 10.6 Å². The van der Waals surface area contributed by atoms with Crippen molar-refractivity contribution in [3.63, 3.8) is 0 Å². The lowest BCUT2D eigenvalue weighted by Gasteiger charge is -2.33. The zero-order valence-electron chi connectivity index (χ0n) is 10.9. The van der Waals surface area contributed by atoms with Crippen molar-refractivity contribution in [1.82, 2.24) is 4.90 Å². The lowest BCUT2D eigenvalue weighted by molar-refractivity contribution is -0.138. The number of amides is 1. The minimum Gasteiger partial charge on any atom is -0.339 e. The molecule has 6 atom stereocenters. The van der Waals surface area contributed by atoms with Crippen LogP contribution in [0.1, 0.15) is 39.5 Å². The summed E-state index contributed by atoms with van der Waals surface area (Å²) in [7, 11) is 0. The Morgan fingerprint density at radius 2 is 1.88 bits per heavy atom. The van der Waals surface area contributed by atoms with Gasteiger partial charge in [-0.05, 0) is 50.4 Å². The Balaban J connectivity index is 1.75. The van der Waals surface area contributed by atoms with Crippen LogP contribution in [0.4, 0.5) is 0 Å². The summed E-state index contributed by atoms with van der Waals surface area (Å²) in [4.78, 5) is 14.8. The maximum atomic E-state index is 12.6. The molecular weight excluding hydrogens is 212 g/mol. The van der Waals surface area contributed by atoms with Crippen LogP contribution in [0.15, 0.2) is 0 Å². The van der Waals surface area contributed by atoms with Gasteiger partial charge >= 0.3 is 0 Å². The molecule has 1 aliphatic heterocycles. The Bertz CT molecular complexity index is 328. The van der Waals surface area contributed by atoms with Gasteiger partial charge in [0.15, 0.2) is 0 Å². The van der Waals surface area contributed by atoms with Crippen molar-refractivity contribution in [2.75, 3.05) is 6.54 Å². The topological polar surface area (TPSA) is 46.3 Å². The normalized spacial score (nSPS) is 49.0. The smallest absolute Gasteiger partial charge is 0.227 e. The molecule has 1 amide bonds. The number of rotatable bonds is 1.